The van der Waals surface area contributed by atoms with Crippen LogP contribution in [0.4, 0.5) is 11.5 Å². The molecular formula is C24H21Cl2N5O. The first-order chi connectivity index (χ1) is 15.5. The second kappa shape index (κ2) is 9.47. The number of nitriles is 1. The van der Waals surface area contributed by atoms with Gasteiger partial charge in [0.15, 0.2) is 0 Å². The molecule has 1 fully saturated rings. The van der Waals surface area contributed by atoms with Crippen LogP contribution in [0.1, 0.15) is 24.1 Å². The average Bonchev–Trinajstić information content (AvgIpc) is 3.39. The highest BCUT2D eigenvalue weighted by Crippen LogP contribution is 2.32. The van der Waals surface area contributed by atoms with Crippen LogP contribution in [0.2, 0.25) is 10.0 Å². The Hall–Kier alpha value is -3.27. The number of halogens is 2. The molecule has 0 radical (unpaired) electrons. The average molecular weight is 466 g/mol. The molecule has 0 unspecified atom stereocenters. The lowest BCUT2D eigenvalue weighted by Crippen LogP contribution is -2.22. The zero-order valence-electron chi connectivity index (χ0n) is 17.5. The van der Waals surface area contributed by atoms with E-state index in [-0.39, 0.29) is 5.57 Å². The van der Waals surface area contributed by atoms with Gasteiger partial charge in [-0.15, -0.1) is 0 Å². The van der Waals surface area contributed by atoms with Gasteiger partial charge in [0, 0.05) is 34.4 Å². The van der Waals surface area contributed by atoms with Crippen molar-refractivity contribution in [2.24, 2.45) is 0 Å². The number of carbonyl (C=O) groups excluding carboxylic acids is 1. The molecule has 0 atom stereocenters. The van der Waals surface area contributed by atoms with Crippen molar-refractivity contribution in [3.8, 4) is 11.8 Å². The van der Waals surface area contributed by atoms with Crippen LogP contribution in [0.3, 0.4) is 0 Å². The number of benzene rings is 2. The molecule has 3 aromatic rings. The number of nitrogens with one attached hydrogen (secondary N) is 1. The summed E-state index contributed by atoms with van der Waals surface area (Å²) in [6.45, 7) is 3.68. The van der Waals surface area contributed by atoms with Crippen LogP contribution in [0.25, 0.3) is 11.8 Å². The van der Waals surface area contributed by atoms with Crippen molar-refractivity contribution >= 4 is 46.7 Å². The molecule has 4 rings (SSSR count). The SMILES string of the molecule is Cc1nn(-c2ccccc2)c(N2CCCC2)c1C=C(C#N)C(=O)Nc1cc(Cl)cc(Cl)c1. The molecule has 1 aromatic heterocycles. The smallest absolute Gasteiger partial charge is 0.266 e. The normalized spacial score (nSPS) is 13.8. The molecule has 0 aliphatic carbocycles. The van der Waals surface area contributed by atoms with Gasteiger partial charge < -0.3 is 10.2 Å². The number of para-hydroxylation sites is 1. The number of rotatable bonds is 5. The molecule has 1 amide bonds. The number of anilines is 2. The molecule has 1 aliphatic rings. The van der Waals surface area contributed by atoms with E-state index in [0.29, 0.717) is 15.7 Å². The van der Waals surface area contributed by atoms with Gasteiger partial charge in [-0.2, -0.15) is 10.4 Å². The number of hydrogen-bond acceptors (Lipinski definition) is 4. The number of nitrogens with zero attached hydrogens (tertiary/aromatic N) is 4. The van der Waals surface area contributed by atoms with Gasteiger partial charge in [0.05, 0.1) is 11.4 Å². The molecule has 2 heterocycles. The summed E-state index contributed by atoms with van der Waals surface area (Å²) < 4.78 is 1.89. The first kappa shape index (κ1) is 21.9. The van der Waals surface area contributed by atoms with Gasteiger partial charge in [-0.3, -0.25) is 4.79 Å². The van der Waals surface area contributed by atoms with Crippen molar-refractivity contribution in [1.82, 2.24) is 9.78 Å². The van der Waals surface area contributed by atoms with Gasteiger partial charge in [-0.25, -0.2) is 4.68 Å². The Labute approximate surface area is 196 Å². The molecule has 8 heteroatoms. The van der Waals surface area contributed by atoms with Gasteiger partial charge in [0.25, 0.3) is 5.91 Å². The lowest BCUT2D eigenvalue weighted by molar-refractivity contribution is -0.112. The van der Waals surface area contributed by atoms with Crippen LogP contribution < -0.4 is 10.2 Å². The summed E-state index contributed by atoms with van der Waals surface area (Å²) in [5, 5.41) is 18.0. The Morgan fingerprint density at radius 2 is 1.78 bits per heavy atom. The van der Waals surface area contributed by atoms with Crippen molar-refractivity contribution < 1.29 is 4.79 Å². The largest absolute Gasteiger partial charge is 0.356 e. The summed E-state index contributed by atoms with van der Waals surface area (Å²) in [5.41, 5.74) is 2.81. The van der Waals surface area contributed by atoms with Gasteiger partial charge in [-0.05, 0) is 56.2 Å². The van der Waals surface area contributed by atoms with E-state index in [2.05, 4.69) is 10.2 Å². The monoisotopic (exact) mass is 465 g/mol. The van der Waals surface area contributed by atoms with Crippen LogP contribution in [0, 0.1) is 18.3 Å². The highest BCUT2D eigenvalue weighted by atomic mass is 35.5. The first-order valence-corrected chi connectivity index (χ1v) is 11.0. The van der Waals surface area contributed by atoms with E-state index in [4.69, 9.17) is 28.3 Å². The highest BCUT2D eigenvalue weighted by Gasteiger charge is 2.24. The van der Waals surface area contributed by atoms with E-state index in [1.54, 1.807) is 24.3 Å². The minimum Gasteiger partial charge on any atom is -0.356 e. The number of aryl methyl sites for hydroxylation is 1. The highest BCUT2D eigenvalue weighted by molar-refractivity contribution is 6.35. The van der Waals surface area contributed by atoms with Crippen LogP contribution in [-0.4, -0.2) is 28.8 Å². The van der Waals surface area contributed by atoms with Crippen molar-refractivity contribution in [3.63, 3.8) is 0 Å². The van der Waals surface area contributed by atoms with Gasteiger partial charge >= 0.3 is 0 Å². The van der Waals surface area contributed by atoms with E-state index in [1.807, 2.05) is 48.0 Å². The molecule has 1 saturated heterocycles. The van der Waals surface area contributed by atoms with E-state index in [9.17, 15) is 10.1 Å². The van der Waals surface area contributed by atoms with E-state index in [1.165, 1.54) is 0 Å². The minimum atomic E-state index is -0.537. The molecule has 6 nitrogen and oxygen atoms in total. The third-order valence-corrected chi connectivity index (χ3v) is 5.70. The predicted octanol–water partition coefficient (Wildman–Crippen LogP) is 5.63. The van der Waals surface area contributed by atoms with Crippen LogP contribution in [0.15, 0.2) is 54.1 Å². The Morgan fingerprint density at radius 3 is 2.41 bits per heavy atom. The van der Waals surface area contributed by atoms with Crippen molar-refractivity contribution in [2.45, 2.75) is 19.8 Å². The molecular weight excluding hydrogens is 445 g/mol. The zero-order chi connectivity index (χ0) is 22.7. The van der Waals surface area contributed by atoms with Crippen LogP contribution in [-0.2, 0) is 4.79 Å². The maximum absolute atomic E-state index is 12.9. The molecule has 162 valence electrons. The molecule has 1 aliphatic heterocycles. The summed E-state index contributed by atoms with van der Waals surface area (Å²) in [6, 6.07) is 16.6. The third-order valence-electron chi connectivity index (χ3n) is 5.26. The van der Waals surface area contributed by atoms with E-state index < -0.39 is 5.91 Å². The quantitative estimate of drug-likeness (QED) is 0.391. The fraction of sp³-hybridized carbons (Fsp3) is 0.208. The second-order valence-electron chi connectivity index (χ2n) is 7.55. The summed E-state index contributed by atoms with van der Waals surface area (Å²) in [5.74, 6) is 0.350. The summed E-state index contributed by atoms with van der Waals surface area (Å²) in [4.78, 5) is 15.1. The van der Waals surface area contributed by atoms with Gasteiger partial charge in [0.2, 0.25) is 0 Å². The Morgan fingerprint density at radius 1 is 1.12 bits per heavy atom. The van der Waals surface area contributed by atoms with E-state index in [0.717, 1.165) is 48.7 Å². The third kappa shape index (κ3) is 4.64. The Bertz CT molecular complexity index is 1200. The molecule has 0 saturated carbocycles. The molecule has 1 N–H and O–H groups in total. The van der Waals surface area contributed by atoms with Crippen LogP contribution >= 0.6 is 23.2 Å². The molecule has 2 aromatic carbocycles. The summed E-state index contributed by atoms with van der Waals surface area (Å²) >= 11 is 12.0. The maximum Gasteiger partial charge on any atom is 0.266 e. The lowest BCUT2D eigenvalue weighted by atomic mass is 10.1. The van der Waals surface area contributed by atoms with E-state index >= 15 is 0 Å². The zero-order valence-corrected chi connectivity index (χ0v) is 19.0. The minimum absolute atomic E-state index is 0.0303. The number of carbonyl (C=O) groups is 1. The van der Waals surface area contributed by atoms with Crippen molar-refractivity contribution in [1.29, 1.82) is 5.26 Å². The number of hydrogen-bond donors (Lipinski definition) is 1. The summed E-state index contributed by atoms with van der Waals surface area (Å²) in [7, 11) is 0. The van der Waals surface area contributed by atoms with Crippen molar-refractivity contribution in [3.05, 3.63) is 75.4 Å². The molecule has 0 spiro atoms. The molecule has 0 bridgehead atoms. The maximum atomic E-state index is 12.9. The number of amides is 1. The first-order valence-electron chi connectivity index (χ1n) is 10.3. The lowest BCUT2D eigenvalue weighted by Gasteiger charge is -2.20. The summed E-state index contributed by atoms with van der Waals surface area (Å²) in [6.07, 6.45) is 3.78. The Kier molecular flexibility index (Phi) is 6.50. The Balaban J connectivity index is 1.75. The fourth-order valence-corrected chi connectivity index (χ4v) is 4.32. The predicted molar refractivity (Wildman–Crippen MR) is 128 cm³/mol. The van der Waals surface area contributed by atoms with Gasteiger partial charge in [0.1, 0.15) is 17.5 Å². The topological polar surface area (TPSA) is 74.0 Å². The van der Waals surface area contributed by atoms with Crippen molar-refractivity contribution in [2.75, 3.05) is 23.3 Å². The van der Waals surface area contributed by atoms with Gasteiger partial charge in [-0.1, -0.05) is 41.4 Å². The second-order valence-corrected chi connectivity index (χ2v) is 8.42. The fourth-order valence-electron chi connectivity index (χ4n) is 3.80. The number of aromatic nitrogens is 2. The van der Waals surface area contributed by atoms with Crippen LogP contribution in [0.5, 0.6) is 0 Å². The standard InChI is InChI=1S/C24H21Cl2N5O/c1-16-22(11-17(15-27)23(32)28-20-13-18(25)12-19(26)14-20)24(30-9-5-6-10-30)31(29-16)21-7-3-2-4-8-21/h2-4,7-8,11-14H,5-6,9-10H2,1H3,(H,28,32). The molecule has 32 heavy (non-hydrogen) atoms.